The summed E-state index contributed by atoms with van der Waals surface area (Å²) in [5.41, 5.74) is 3.55. The van der Waals surface area contributed by atoms with E-state index in [4.69, 9.17) is 15.9 Å². The molecule has 1 aliphatic heterocycles. The molecule has 1 saturated heterocycles. The highest BCUT2D eigenvalue weighted by Gasteiger charge is 2.24. The Balaban J connectivity index is 2.01. The number of aromatic hydroxyl groups is 1. The van der Waals surface area contributed by atoms with Gasteiger partial charge in [0.05, 0.1) is 35.7 Å². The lowest BCUT2D eigenvalue weighted by atomic mass is 10.0. The van der Waals surface area contributed by atoms with Crippen LogP contribution in [0.1, 0.15) is 5.56 Å². The average Bonchev–Trinajstić information content (AvgIpc) is 2.60. The van der Waals surface area contributed by atoms with E-state index >= 15 is 0 Å². The summed E-state index contributed by atoms with van der Waals surface area (Å²) in [6.07, 6.45) is 0. The lowest BCUT2D eigenvalue weighted by molar-refractivity contribution is 0.0453. The van der Waals surface area contributed by atoms with Crippen LogP contribution in [0.25, 0.3) is 11.3 Å². The molecule has 0 radical (unpaired) electrons. The van der Waals surface area contributed by atoms with E-state index in [1.165, 1.54) is 6.07 Å². The van der Waals surface area contributed by atoms with Crippen molar-refractivity contribution in [2.24, 2.45) is 0 Å². The van der Waals surface area contributed by atoms with E-state index in [-0.39, 0.29) is 23.6 Å². The molecule has 1 aromatic heterocycles. The van der Waals surface area contributed by atoms with Crippen molar-refractivity contribution in [2.45, 2.75) is 0 Å². The Morgan fingerprint density at radius 2 is 1.92 bits per heavy atom. The molecular weight excluding hydrogens is 346 g/mol. The molecule has 2 aromatic rings. The third-order valence-electron chi connectivity index (χ3n) is 4.21. The monoisotopic (exact) mass is 364 g/mol. The normalized spacial score (nSPS) is 15.2. The Hall–Kier alpha value is -2.78. The lowest BCUT2D eigenvalue weighted by Crippen LogP contribution is -2.40. The van der Waals surface area contributed by atoms with Crippen molar-refractivity contribution in [1.29, 1.82) is 5.41 Å². The van der Waals surface area contributed by atoms with Crippen LogP contribution in [0.2, 0.25) is 0 Å². The number of nitrogen functional groups attached to an aromatic ring is 1. The Labute approximate surface area is 147 Å². The van der Waals surface area contributed by atoms with Gasteiger partial charge in [0, 0.05) is 19.6 Å². The zero-order valence-electron chi connectivity index (χ0n) is 13.8. The fourth-order valence-electron chi connectivity index (χ4n) is 2.89. The van der Waals surface area contributed by atoms with E-state index in [1.54, 1.807) is 0 Å². The van der Waals surface area contributed by atoms with Crippen molar-refractivity contribution in [1.82, 2.24) is 9.88 Å². The predicted molar refractivity (Wildman–Crippen MR) is 92.6 cm³/mol. The molecule has 0 atom stereocenters. The number of morpholine rings is 1. The van der Waals surface area contributed by atoms with Gasteiger partial charge in [-0.05, 0) is 12.1 Å². The number of nitrogens with two attached hydrogens (primary N) is 1. The van der Waals surface area contributed by atoms with Crippen molar-refractivity contribution >= 4 is 11.5 Å². The zero-order valence-corrected chi connectivity index (χ0v) is 13.8. The van der Waals surface area contributed by atoms with Gasteiger partial charge in [0.2, 0.25) is 5.43 Å². The largest absolute Gasteiger partial charge is 0.503 e. The van der Waals surface area contributed by atoms with Gasteiger partial charge in [0.15, 0.2) is 5.75 Å². The number of H-pyrrole nitrogens is 1. The molecule has 5 N–H and O–H groups in total. The maximum Gasteiger partial charge on any atom is 0.235 e. The van der Waals surface area contributed by atoms with Gasteiger partial charge in [-0.2, -0.15) is 0 Å². The molecule has 3 rings (SSSR count). The van der Waals surface area contributed by atoms with E-state index in [0.717, 1.165) is 12.1 Å². The molecule has 0 amide bonds. The molecule has 0 aliphatic carbocycles. The van der Waals surface area contributed by atoms with Crippen LogP contribution in [-0.4, -0.2) is 53.6 Å². The number of anilines is 1. The second kappa shape index (κ2) is 7.22. The molecule has 9 heteroatoms. The Bertz CT molecular complexity index is 887. The predicted octanol–water partition coefficient (Wildman–Crippen LogP) is 1.31. The number of ether oxygens (including phenoxy) is 1. The van der Waals surface area contributed by atoms with E-state index in [1.807, 2.05) is 4.90 Å². The van der Waals surface area contributed by atoms with Crippen LogP contribution in [-0.2, 0) is 4.74 Å². The molecule has 0 unspecified atom stereocenters. The number of rotatable bonds is 4. The molecule has 7 nitrogen and oxygen atoms in total. The number of aromatic amines is 1. The molecule has 0 saturated carbocycles. The Kier molecular flexibility index (Phi) is 5.01. The van der Waals surface area contributed by atoms with Gasteiger partial charge in [-0.25, -0.2) is 8.78 Å². The number of nitrogens with one attached hydrogen (secondary N) is 2. The number of hydrogen-bond acceptors (Lipinski definition) is 6. The van der Waals surface area contributed by atoms with Crippen LogP contribution in [0.5, 0.6) is 5.75 Å². The summed E-state index contributed by atoms with van der Waals surface area (Å²) in [6, 6.07) is 3.17. The first kappa shape index (κ1) is 18.0. The van der Waals surface area contributed by atoms with Crippen molar-refractivity contribution in [3.63, 3.8) is 0 Å². The molecule has 0 spiro atoms. The number of halogens is 2. The zero-order chi connectivity index (χ0) is 18.8. The third kappa shape index (κ3) is 3.31. The first-order valence-electron chi connectivity index (χ1n) is 7.97. The van der Waals surface area contributed by atoms with Gasteiger partial charge in [-0.3, -0.25) is 9.69 Å². The highest BCUT2D eigenvalue weighted by atomic mass is 19.1. The van der Waals surface area contributed by atoms with Crippen LogP contribution >= 0.6 is 0 Å². The summed E-state index contributed by atoms with van der Waals surface area (Å²) in [5, 5.41) is 18.4. The second-order valence-electron chi connectivity index (χ2n) is 5.93. The van der Waals surface area contributed by atoms with Gasteiger partial charge in [-0.15, -0.1) is 0 Å². The van der Waals surface area contributed by atoms with Crippen molar-refractivity contribution in [3.05, 3.63) is 45.6 Å². The van der Waals surface area contributed by atoms with Gasteiger partial charge in [-0.1, -0.05) is 6.07 Å². The molecular formula is C17H18F2N4O3. The summed E-state index contributed by atoms with van der Waals surface area (Å²) < 4.78 is 33.2. The minimum Gasteiger partial charge on any atom is -0.503 e. The average molecular weight is 364 g/mol. The molecule has 138 valence electrons. The lowest BCUT2D eigenvalue weighted by Gasteiger charge is -2.26. The summed E-state index contributed by atoms with van der Waals surface area (Å²) in [4.78, 5) is 16.9. The van der Waals surface area contributed by atoms with Crippen molar-refractivity contribution < 1.29 is 18.6 Å². The van der Waals surface area contributed by atoms with E-state index in [0.29, 0.717) is 26.3 Å². The maximum atomic E-state index is 14.0. The minimum absolute atomic E-state index is 0.0958. The minimum atomic E-state index is -0.952. The van der Waals surface area contributed by atoms with Crippen LogP contribution in [0.3, 0.4) is 0 Å². The summed E-state index contributed by atoms with van der Waals surface area (Å²) in [6.45, 7) is 2.39. The quantitative estimate of drug-likeness (QED) is 0.611. The Morgan fingerprint density at radius 1 is 1.31 bits per heavy atom. The maximum absolute atomic E-state index is 14.0. The second-order valence-corrected chi connectivity index (χ2v) is 5.93. The molecule has 0 bridgehead atoms. The number of nitrogens with zero attached hydrogens (tertiary/aromatic N) is 1. The SMILES string of the molecule is N=C(CN1CCOCC1)c1c(N)[nH]c(-c2c(F)cccc2F)c(O)c1=O. The van der Waals surface area contributed by atoms with Gasteiger partial charge in [0.25, 0.3) is 0 Å². The number of pyridine rings is 1. The van der Waals surface area contributed by atoms with Gasteiger partial charge in [0.1, 0.15) is 17.5 Å². The molecule has 2 heterocycles. The van der Waals surface area contributed by atoms with E-state index in [2.05, 4.69) is 4.98 Å². The highest BCUT2D eigenvalue weighted by Crippen LogP contribution is 2.31. The van der Waals surface area contributed by atoms with Crippen molar-refractivity contribution in [3.8, 4) is 17.0 Å². The van der Waals surface area contributed by atoms with Crippen LogP contribution < -0.4 is 11.2 Å². The fourth-order valence-corrected chi connectivity index (χ4v) is 2.89. The Morgan fingerprint density at radius 3 is 2.54 bits per heavy atom. The third-order valence-corrected chi connectivity index (χ3v) is 4.21. The van der Waals surface area contributed by atoms with E-state index < -0.39 is 34.1 Å². The smallest absolute Gasteiger partial charge is 0.235 e. The van der Waals surface area contributed by atoms with Crippen molar-refractivity contribution in [2.75, 3.05) is 38.6 Å². The summed E-state index contributed by atoms with van der Waals surface area (Å²) >= 11 is 0. The number of aromatic nitrogens is 1. The standard InChI is InChI=1S/C17H18F2N4O3/c18-9-2-1-3-10(19)12(9)14-16(25)15(24)13(17(21)22-14)11(20)8-23-4-6-26-7-5-23/h1-3,20,25H,4-8H2,(H3,21,22,24). The molecule has 1 fully saturated rings. The first-order chi connectivity index (χ1) is 12.4. The van der Waals surface area contributed by atoms with Gasteiger partial charge >= 0.3 is 0 Å². The highest BCUT2D eigenvalue weighted by molar-refractivity contribution is 6.04. The van der Waals surface area contributed by atoms with Crippen LogP contribution in [0, 0.1) is 17.0 Å². The summed E-state index contributed by atoms with van der Waals surface area (Å²) in [7, 11) is 0. The molecule has 1 aromatic carbocycles. The fraction of sp³-hybridized carbons (Fsp3) is 0.294. The molecule has 1 aliphatic rings. The number of hydrogen-bond donors (Lipinski definition) is 4. The molecule has 26 heavy (non-hydrogen) atoms. The van der Waals surface area contributed by atoms with Crippen LogP contribution in [0.4, 0.5) is 14.6 Å². The summed E-state index contributed by atoms with van der Waals surface area (Å²) in [5.74, 6) is -3.02. The van der Waals surface area contributed by atoms with E-state index in [9.17, 15) is 18.7 Å². The first-order valence-corrected chi connectivity index (χ1v) is 7.97. The topological polar surface area (TPSA) is 115 Å². The van der Waals surface area contributed by atoms with Gasteiger partial charge < -0.3 is 26.0 Å². The van der Waals surface area contributed by atoms with Crippen LogP contribution in [0.15, 0.2) is 23.0 Å². The number of benzene rings is 1.